The molecule has 1 atom stereocenters. The van der Waals surface area contributed by atoms with E-state index in [1.54, 1.807) is 25.2 Å². The zero-order chi connectivity index (χ0) is 24.7. The molecule has 2 amide bonds. The molecule has 3 aromatic carbocycles. The van der Waals surface area contributed by atoms with Crippen molar-refractivity contribution in [3.05, 3.63) is 99.0 Å². The van der Waals surface area contributed by atoms with Gasteiger partial charge in [-0.3, -0.25) is 9.59 Å². The van der Waals surface area contributed by atoms with Crippen molar-refractivity contribution < 1.29 is 14.3 Å². The van der Waals surface area contributed by atoms with Gasteiger partial charge in [0.05, 0.1) is 0 Å². The largest absolute Gasteiger partial charge is 0.483 e. The molecule has 0 fully saturated rings. The van der Waals surface area contributed by atoms with Crippen LogP contribution in [0, 0.1) is 13.8 Å². The summed E-state index contributed by atoms with van der Waals surface area (Å²) in [5.74, 6) is 0.0443. The van der Waals surface area contributed by atoms with E-state index in [1.165, 1.54) is 4.90 Å². The Morgan fingerprint density at radius 1 is 1.00 bits per heavy atom. The van der Waals surface area contributed by atoms with Gasteiger partial charge in [-0.1, -0.05) is 71.7 Å². The lowest BCUT2D eigenvalue weighted by molar-refractivity contribution is -0.142. The third-order valence-corrected chi connectivity index (χ3v) is 6.37. The van der Waals surface area contributed by atoms with Crippen LogP contribution in [0.2, 0.25) is 10.0 Å². The number of hydrogen-bond acceptors (Lipinski definition) is 3. The average molecular weight is 499 g/mol. The summed E-state index contributed by atoms with van der Waals surface area (Å²) in [6, 6.07) is 19.6. The molecule has 0 aliphatic carbocycles. The number of amides is 2. The van der Waals surface area contributed by atoms with Gasteiger partial charge in [0.15, 0.2) is 6.61 Å². The van der Waals surface area contributed by atoms with E-state index in [4.69, 9.17) is 27.9 Å². The molecule has 34 heavy (non-hydrogen) atoms. The maximum absolute atomic E-state index is 13.5. The van der Waals surface area contributed by atoms with E-state index in [2.05, 4.69) is 5.32 Å². The minimum absolute atomic E-state index is 0.135. The van der Waals surface area contributed by atoms with Crippen LogP contribution >= 0.6 is 23.2 Å². The maximum atomic E-state index is 13.5. The van der Waals surface area contributed by atoms with Crippen molar-refractivity contribution in [1.82, 2.24) is 10.2 Å². The fourth-order valence-corrected chi connectivity index (χ4v) is 4.13. The summed E-state index contributed by atoms with van der Waals surface area (Å²) in [5.41, 5.74) is 3.66. The van der Waals surface area contributed by atoms with Crippen LogP contribution in [0.25, 0.3) is 0 Å². The minimum Gasteiger partial charge on any atom is -0.483 e. The molecule has 0 saturated carbocycles. The number of halogens is 2. The molecule has 0 saturated heterocycles. The third kappa shape index (κ3) is 6.52. The summed E-state index contributed by atoms with van der Waals surface area (Å²) in [5, 5.41) is 3.62. The Balaban J connectivity index is 1.92. The Bertz CT molecular complexity index is 1150. The van der Waals surface area contributed by atoms with Gasteiger partial charge in [0.2, 0.25) is 5.91 Å². The van der Waals surface area contributed by atoms with E-state index in [9.17, 15) is 9.59 Å². The molecule has 0 heterocycles. The fourth-order valence-electron chi connectivity index (χ4n) is 3.66. The molecule has 1 N–H and O–H groups in total. The fraction of sp³-hybridized carbons (Fsp3) is 0.259. The number of aryl methyl sites for hydroxylation is 1. The van der Waals surface area contributed by atoms with Crippen LogP contribution in [-0.2, 0) is 22.6 Å². The standard InChI is InChI=1S/C27H28Cl2N2O3/c1-18-8-7-11-25(19(18)2)34-17-26(32)31(16-21-12-13-22(28)15-23(21)29)24(27(33)30-3)14-20-9-5-4-6-10-20/h4-13,15,24H,14,16-17H2,1-3H3,(H,30,33)/t24-/m1/s1. The Hall–Kier alpha value is -3.02. The number of carbonyl (C=O) groups is 2. The number of ether oxygens (including phenoxy) is 1. The highest BCUT2D eigenvalue weighted by molar-refractivity contribution is 6.35. The number of benzene rings is 3. The summed E-state index contributed by atoms with van der Waals surface area (Å²) in [4.78, 5) is 28.0. The molecule has 7 heteroatoms. The predicted octanol–water partition coefficient (Wildman–Crippen LogP) is 5.38. The zero-order valence-electron chi connectivity index (χ0n) is 19.5. The van der Waals surface area contributed by atoms with Gasteiger partial charge in [0.25, 0.3) is 5.91 Å². The highest BCUT2D eigenvalue weighted by Gasteiger charge is 2.30. The van der Waals surface area contributed by atoms with Crippen LogP contribution in [0.15, 0.2) is 66.7 Å². The average Bonchev–Trinajstić information content (AvgIpc) is 2.83. The second-order valence-corrected chi connectivity index (χ2v) is 8.91. The van der Waals surface area contributed by atoms with Gasteiger partial charge in [0.1, 0.15) is 11.8 Å². The summed E-state index contributed by atoms with van der Waals surface area (Å²) in [6.07, 6.45) is 0.348. The summed E-state index contributed by atoms with van der Waals surface area (Å²) in [7, 11) is 1.56. The molecule has 0 aliphatic rings. The van der Waals surface area contributed by atoms with Crippen LogP contribution in [0.4, 0.5) is 0 Å². The summed E-state index contributed by atoms with van der Waals surface area (Å²) >= 11 is 12.5. The third-order valence-electron chi connectivity index (χ3n) is 5.78. The van der Waals surface area contributed by atoms with Crippen molar-refractivity contribution in [2.24, 2.45) is 0 Å². The van der Waals surface area contributed by atoms with Gasteiger partial charge in [-0.25, -0.2) is 0 Å². The van der Waals surface area contributed by atoms with Crippen molar-refractivity contribution in [1.29, 1.82) is 0 Å². The lowest BCUT2D eigenvalue weighted by Crippen LogP contribution is -2.51. The number of nitrogens with zero attached hydrogens (tertiary/aromatic N) is 1. The van der Waals surface area contributed by atoms with E-state index >= 15 is 0 Å². The van der Waals surface area contributed by atoms with Crippen molar-refractivity contribution in [3.63, 3.8) is 0 Å². The van der Waals surface area contributed by atoms with E-state index < -0.39 is 6.04 Å². The molecular weight excluding hydrogens is 471 g/mol. The lowest BCUT2D eigenvalue weighted by atomic mass is 10.0. The van der Waals surface area contributed by atoms with Crippen LogP contribution in [0.1, 0.15) is 22.3 Å². The van der Waals surface area contributed by atoms with E-state index in [1.807, 2.05) is 62.4 Å². The molecule has 178 valence electrons. The second-order valence-electron chi connectivity index (χ2n) is 8.06. The zero-order valence-corrected chi connectivity index (χ0v) is 21.0. The molecule has 3 rings (SSSR count). The van der Waals surface area contributed by atoms with Gasteiger partial charge < -0.3 is 15.0 Å². The Morgan fingerprint density at radius 2 is 1.74 bits per heavy atom. The number of carbonyl (C=O) groups excluding carboxylic acids is 2. The Labute approximate surface area is 210 Å². The molecule has 3 aromatic rings. The van der Waals surface area contributed by atoms with Crippen molar-refractivity contribution in [2.75, 3.05) is 13.7 Å². The summed E-state index contributed by atoms with van der Waals surface area (Å²) < 4.78 is 5.88. The smallest absolute Gasteiger partial charge is 0.261 e. The topological polar surface area (TPSA) is 58.6 Å². The molecule has 0 spiro atoms. The molecule has 0 bridgehead atoms. The monoisotopic (exact) mass is 498 g/mol. The van der Waals surface area contributed by atoms with Crippen LogP contribution in [-0.4, -0.2) is 36.4 Å². The number of hydrogen-bond donors (Lipinski definition) is 1. The molecular formula is C27H28Cl2N2O3. The summed E-state index contributed by atoms with van der Waals surface area (Å²) in [6.45, 7) is 3.86. The number of nitrogens with one attached hydrogen (secondary N) is 1. The van der Waals surface area contributed by atoms with Gasteiger partial charge in [-0.05, 0) is 54.3 Å². The molecule has 0 aliphatic heterocycles. The first-order valence-corrected chi connectivity index (χ1v) is 11.7. The van der Waals surface area contributed by atoms with Gasteiger partial charge >= 0.3 is 0 Å². The van der Waals surface area contributed by atoms with Crippen LogP contribution in [0.5, 0.6) is 5.75 Å². The molecule has 0 unspecified atom stereocenters. The van der Waals surface area contributed by atoms with Gasteiger partial charge in [0, 0.05) is 30.1 Å². The minimum atomic E-state index is -0.756. The van der Waals surface area contributed by atoms with Crippen molar-refractivity contribution in [2.45, 2.75) is 32.9 Å². The quantitative estimate of drug-likeness (QED) is 0.431. The normalized spacial score (nSPS) is 11.6. The van der Waals surface area contributed by atoms with E-state index in [-0.39, 0.29) is 25.0 Å². The van der Waals surface area contributed by atoms with Crippen LogP contribution in [0.3, 0.4) is 0 Å². The predicted molar refractivity (Wildman–Crippen MR) is 136 cm³/mol. The maximum Gasteiger partial charge on any atom is 0.261 e. The molecule has 0 radical (unpaired) electrons. The van der Waals surface area contributed by atoms with Gasteiger partial charge in [-0.15, -0.1) is 0 Å². The van der Waals surface area contributed by atoms with Crippen molar-refractivity contribution >= 4 is 35.0 Å². The Morgan fingerprint density at radius 3 is 2.41 bits per heavy atom. The first kappa shape index (κ1) is 25.6. The highest BCUT2D eigenvalue weighted by Crippen LogP contribution is 2.25. The lowest BCUT2D eigenvalue weighted by Gasteiger charge is -2.31. The van der Waals surface area contributed by atoms with Crippen LogP contribution < -0.4 is 10.1 Å². The SMILES string of the molecule is CNC(=O)[C@@H](Cc1ccccc1)N(Cc1ccc(Cl)cc1Cl)C(=O)COc1cccc(C)c1C. The van der Waals surface area contributed by atoms with Crippen molar-refractivity contribution in [3.8, 4) is 5.75 Å². The first-order chi connectivity index (χ1) is 16.3. The number of rotatable bonds is 9. The van der Waals surface area contributed by atoms with E-state index in [0.29, 0.717) is 27.8 Å². The molecule has 0 aromatic heterocycles. The first-order valence-electron chi connectivity index (χ1n) is 11.0. The van der Waals surface area contributed by atoms with Gasteiger partial charge in [-0.2, -0.15) is 0 Å². The molecule has 5 nitrogen and oxygen atoms in total. The number of likely N-dealkylation sites (N-methyl/N-ethyl adjacent to an activating group) is 1. The highest BCUT2D eigenvalue weighted by atomic mass is 35.5. The van der Waals surface area contributed by atoms with E-state index in [0.717, 1.165) is 16.7 Å². The Kier molecular flexibility index (Phi) is 8.97. The second kappa shape index (κ2) is 11.9.